The summed E-state index contributed by atoms with van der Waals surface area (Å²) in [6, 6.07) is 7.65. The molecule has 0 spiro atoms. The van der Waals surface area contributed by atoms with Crippen molar-refractivity contribution in [1.82, 2.24) is 10.3 Å². The third kappa shape index (κ3) is 2.88. The number of rotatable bonds is 3. The van der Waals surface area contributed by atoms with Crippen molar-refractivity contribution in [2.24, 2.45) is 5.92 Å². The Morgan fingerprint density at radius 2 is 2.19 bits per heavy atom. The molecule has 1 fully saturated rings. The van der Waals surface area contributed by atoms with Gasteiger partial charge in [-0.05, 0) is 37.8 Å². The van der Waals surface area contributed by atoms with E-state index in [0.717, 1.165) is 37.0 Å². The van der Waals surface area contributed by atoms with Crippen LogP contribution in [-0.4, -0.2) is 30.1 Å². The van der Waals surface area contributed by atoms with Crippen LogP contribution >= 0.6 is 0 Å². The van der Waals surface area contributed by atoms with Crippen molar-refractivity contribution < 1.29 is 9.53 Å². The monoisotopic (exact) mass is 287 g/mol. The summed E-state index contributed by atoms with van der Waals surface area (Å²) in [5.74, 6) is 0.404. The number of para-hydroxylation sites is 1. The second-order valence-corrected chi connectivity index (χ2v) is 5.71. The predicted molar refractivity (Wildman–Crippen MR) is 83.2 cm³/mol. The van der Waals surface area contributed by atoms with Gasteiger partial charge in [-0.15, -0.1) is 0 Å². The summed E-state index contributed by atoms with van der Waals surface area (Å²) in [5.41, 5.74) is 7.95. The lowest BCUT2D eigenvalue weighted by Gasteiger charge is -2.28. The van der Waals surface area contributed by atoms with E-state index in [9.17, 15) is 4.79 Å². The Balaban J connectivity index is 1.72. The predicted octanol–water partition coefficient (Wildman–Crippen LogP) is 2.29. The molecule has 0 bridgehead atoms. The highest BCUT2D eigenvalue weighted by Crippen LogP contribution is 2.22. The highest BCUT2D eigenvalue weighted by atomic mass is 16.5. The van der Waals surface area contributed by atoms with E-state index < -0.39 is 0 Å². The quantitative estimate of drug-likeness (QED) is 0.758. The maximum absolute atomic E-state index is 12.4. The molecule has 1 aromatic carbocycles. The Morgan fingerprint density at radius 1 is 1.43 bits per heavy atom. The van der Waals surface area contributed by atoms with E-state index in [1.807, 2.05) is 24.3 Å². The summed E-state index contributed by atoms with van der Waals surface area (Å²) in [5, 5.41) is 4.04. The normalized spacial score (nSPS) is 17.8. The summed E-state index contributed by atoms with van der Waals surface area (Å²) in [7, 11) is 0. The molecule has 112 valence electrons. The molecule has 5 heteroatoms. The maximum Gasteiger partial charge on any atom is 0.267 e. The average molecular weight is 287 g/mol. The largest absolute Gasteiger partial charge is 0.397 e. The number of nitrogens with two attached hydrogens (primary N) is 1. The number of nitrogens with one attached hydrogen (secondary N) is 2. The number of benzene rings is 1. The topological polar surface area (TPSA) is 80.1 Å². The van der Waals surface area contributed by atoms with Crippen molar-refractivity contribution in [2.45, 2.75) is 25.8 Å². The Labute approximate surface area is 123 Å². The molecule has 1 amide bonds. The number of nitrogen functional groups attached to an aromatic ring is 1. The summed E-state index contributed by atoms with van der Waals surface area (Å²) < 4.78 is 5.36. The molecule has 2 aromatic rings. The molecule has 4 N–H and O–H groups in total. The third-order valence-corrected chi connectivity index (χ3v) is 4.26. The lowest BCUT2D eigenvalue weighted by molar-refractivity contribution is 0.0538. The van der Waals surface area contributed by atoms with Crippen LogP contribution in [0.15, 0.2) is 24.3 Å². The van der Waals surface area contributed by atoms with E-state index in [-0.39, 0.29) is 11.9 Å². The SMILES string of the molecule is CC(NC(=O)c1cc2cccc(N)c2[nH]1)C1CCOCC1. The summed E-state index contributed by atoms with van der Waals surface area (Å²) in [4.78, 5) is 15.5. The van der Waals surface area contributed by atoms with E-state index in [1.165, 1.54) is 0 Å². The van der Waals surface area contributed by atoms with Crippen LogP contribution in [0, 0.1) is 5.92 Å². The molecule has 1 aliphatic rings. The zero-order valence-corrected chi connectivity index (χ0v) is 12.2. The molecule has 1 unspecified atom stereocenters. The van der Waals surface area contributed by atoms with Crippen LogP contribution in [0.25, 0.3) is 10.9 Å². The molecule has 1 saturated heterocycles. The number of carbonyl (C=O) groups is 1. The number of hydrogen-bond donors (Lipinski definition) is 3. The average Bonchev–Trinajstić information content (AvgIpc) is 2.94. The zero-order chi connectivity index (χ0) is 14.8. The fourth-order valence-corrected chi connectivity index (χ4v) is 2.92. The Hall–Kier alpha value is -2.01. The number of H-pyrrole nitrogens is 1. The number of aromatic nitrogens is 1. The number of anilines is 1. The van der Waals surface area contributed by atoms with E-state index >= 15 is 0 Å². The fraction of sp³-hybridized carbons (Fsp3) is 0.438. The second kappa shape index (κ2) is 5.77. The van der Waals surface area contributed by atoms with Crippen molar-refractivity contribution in [1.29, 1.82) is 0 Å². The summed E-state index contributed by atoms with van der Waals surface area (Å²) >= 11 is 0. The lowest BCUT2D eigenvalue weighted by atomic mass is 9.93. The highest BCUT2D eigenvalue weighted by molar-refractivity contribution is 6.00. The van der Waals surface area contributed by atoms with Crippen LogP contribution < -0.4 is 11.1 Å². The number of ether oxygens (including phenoxy) is 1. The Kier molecular flexibility index (Phi) is 3.84. The summed E-state index contributed by atoms with van der Waals surface area (Å²) in [6.07, 6.45) is 2.00. The van der Waals surface area contributed by atoms with E-state index in [1.54, 1.807) is 0 Å². The zero-order valence-electron chi connectivity index (χ0n) is 12.2. The molecule has 1 aromatic heterocycles. The number of amides is 1. The van der Waals surface area contributed by atoms with Crippen LogP contribution in [0.4, 0.5) is 5.69 Å². The Morgan fingerprint density at radius 3 is 2.90 bits per heavy atom. The van der Waals surface area contributed by atoms with Crippen LogP contribution in [0.1, 0.15) is 30.3 Å². The van der Waals surface area contributed by atoms with Gasteiger partial charge in [-0.2, -0.15) is 0 Å². The van der Waals surface area contributed by atoms with Gasteiger partial charge < -0.3 is 20.8 Å². The van der Waals surface area contributed by atoms with Crippen molar-refractivity contribution in [3.8, 4) is 0 Å². The van der Waals surface area contributed by atoms with Gasteiger partial charge in [-0.25, -0.2) is 0 Å². The van der Waals surface area contributed by atoms with Gasteiger partial charge in [0.15, 0.2) is 0 Å². The van der Waals surface area contributed by atoms with Crippen molar-refractivity contribution >= 4 is 22.5 Å². The molecule has 21 heavy (non-hydrogen) atoms. The van der Waals surface area contributed by atoms with Gasteiger partial charge >= 0.3 is 0 Å². The van der Waals surface area contributed by atoms with Gasteiger partial charge in [0, 0.05) is 24.6 Å². The van der Waals surface area contributed by atoms with Crippen LogP contribution in [0.5, 0.6) is 0 Å². The smallest absolute Gasteiger partial charge is 0.267 e. The summed E-state index contributed by atoms with van der Waals surface area (Å²) in [6.45, 7) is 3.63. The van der Waals surface area contributed by atoms with Crippen molar-refractivity contribution in [3.63, 3.8) is 0 Å². The minimum Gasteiger partial charge on any atom is -0.397 e. The molecule has 5 nitrogen and oxygen atoms in total. The third-order valence-electron chi connectivity index (χ3n) is 4.26. The minimum atomic E-state index is -0.0791. The number of aromatic amines is 1. The van der Waals surface area contributed by atoms with Crippen LogP contribution in [-0.2, 0) is 4.74 Å². The molecule has 3 rings (SSSR count). The van der Waals surface area contributed by atoms with E-state index in [2.05, 4.69) is 17.2 Å². The van der Waals surface area contributed by atoms with Crippen LogP contribution in [0.3, 0.4) is 0 Å². The first kappa shape index (κ1) is 13.9. The first-order valence-electron chi connectivity index (χ1n) is 7.41. The molecule has 0 radical (unpaired) electrons. The van der Waals surface area contributed by atoms with Gasteiger partial charge in [0.2, 0.25) is 0 Å². The maximum atomic E-state index is 12.4. The second-order valence-electron chi connectivity index (χ2n) is 5.71. The number of fused-ring (bicyclic) bond motifs is 1. The van der Waals surface area contributed by atoms with Gasteiger partial charge in [0.05, 0.1) is 11.2 Å². The Bertz CT molecular complexity index is 644. The van der Waals surface area contributed by atoms with E-state index in [4.69, 9.17) is 10.5 Å². The molecular formula is C16H21N3O2. The standard InChI is InChI=1S/C16H21N3O2/c1-10(11-5-7-21-8-6-11)18-16(20)14-9-12-3-2-4-13(17)15(12)19-14/h2-4,9-11,19H,5-8,17H2,1H3,(H,18,20). The van der Waals surface area contributed by atoms with Gasteiger partial charge in [0.25, 0.3) is 5.91 Å². The first-order valence-corrected chi connectivity index (χ1v) is 7.41. The van der Waals surface area contributed by atoms with Gasteiger partial charge in [-0.1, -0.05) is 12.1 Å². The molecule has 1 aliphatic heterocycles. The fourth-order valence-electron chi connectivity index (χ4n) is 2.92. The molecule has 0 saturated carbocycles. The molecular weight excluding hydrogens is 266 g/mol. The number of carbonyl (C=O) groups excluding carboxylic acids is 1. The number of hydrogen-bond acceptors (Lipinski definition) is 3. The molecule has 0 aliphatic carbocycles. The lowest BCUT2D eigenvalue weighted by Crippen LogP contribution is -2.40. The highest BCUT2D eigenvalue weighted by Gasteiger charge is 2.22. The van der Waals surface area contributed by atoms with E-state index in [0.29, 0.717) is 17.3 Å². The van der Waals surface area contributed by atoms with Crippen molar-refractivity contribution in [3.05, 3.63) is 30.0 Å². The first-order chi connectivity index (χ1) is 10.1. The van der Waals surface area contributed by atoms with Crippen LogP contribution in [0.2, 0.25) is 0 Å². The van der Waals surface area contributed by atoms with Gasteiger partial charge in [0.1, 0.15) is 5.69 Å². The minimum absolute atomic E-state index is 0.0791. The van der Waals surface area contributed by atoms with Crippen molar-refractivity contribution in [2.75, 3.05) is 18.9 Å². The molecule has 2 heterocycles. The van der Waals surface area contributed by atoms with Gasteiger partial charge in [-0.3, -0.25) is 4.79 Å². The molecule has 1 atom stereocenters.